The summed E-state index contributed by atoms with van der Waals surface area (Å²) in [5.74, 6) is 0. The van der Waals surface area contributed by atoms with E-state index >= 15 is 0 Å². The van der Waals surface area contributed by atoms with E-state index in [0.717, 1.165) is 16.5 Å². The summed E-state index contributed by atoms with van der Waals surface area (Å²) in [6.07, 6.45) is 13.3. The molecule has 0 nitrogen and oxygen atoms in total. The van der Waals surface area contributed by atoms with Gasteiger partial charge in [-0.1, -0.05) is 89.3 Å². The molecule has 276 valence electrons. The van der Waals surface area contributed by atoms with Gasteiger partial charge in [-0.25, -0.2) is 6.08 Å². The van der Waals surface area contributed by atoms with Crippen LogP contribution in [0, 0.1) is 11.5 Å². The molecule has 0 aromatic heterocycles. The molecule has 0 spiro atoms. The van der Waals surface area contributed by atoms with Crippen LogP contribution in [0.15, 0.2) is 109 Å². The number of fused-ring (bicyclic) bond motifs is 5. The molecule has 0 amide bonds. The predicted molar refractivity (Wildman–Crippen MR) is 224 cm³/mol. The van der Waals surface area contributed by atoms with Crippen LogP contribution < -0.4 is 24.8 Å². The van der Waals surface area contributed by atoms with E-state index in [1.165, 1.54) is 71.6 Å². The molecule has 0 fully saturated rings. The summed E-state index contributed by atoms with van der Waals surface area (Å²) >= 11 is 11.0. The number of hydrogen-bond donors (Lipinski definition) is 0. The van der Waals surface area contributed by atoms with Crippen molar-refractivity contribution in [3.05, 3.63) is 158 Å². The van der Waals surface area contributed by atoms with E-state index in [2.05, 4.69) is 155 Å². The zero-order valence-electron chi connectivity index (χ0n) is 32.2. The molecule has 5 aromatic carbocycles. The minimum atomic E-state index is -0.623. The van der Waals surface area contributed by atoms with Crippen LogP contribution in [0.4, 0.5) is 0 Å². The van der Waals surface area contributed by atoms with Gasteiger partial charge in [0.25, 0.3) is 0 Å². The third-order valence-electron chi connectivity index (χ3n) is 10.2. The third-order valence-corrected chi connectivity index (χ3v) is 13.1. The van der Waals surface area contributed by atoms with Crippen molar-refractivity contribution in [3.8, 4) is 0 Å². The molecule has 5 aromatic rings. The first kappa shape index (κ1) is 43.2. The van der Waals surface area contributed by atoms with Gasteiger partial charge >= 0.3 is 123 Å². The van der Waals surface area contributed by atoms with Gasteiger partial charge in [0.05, 0.1) is 0 Å². The molecule has 0 radical (unpaired) electrons. The number of hydrogen-bond acceptors (Lipinski definition) is 0. The summed E-state index contributed by atoms with van der Waals surface area (Å²) in [5.41, 5.74) is 13.2. The maximum atomic E-state index is 5.84. The Balaban J connectivity index is 0.000000195. The molecule has 0 bridgehead atoms. The Hall–Kier alpha value is -2.51. The van der Waals surface area contributed by atoms with Crippen LogP contribution >= 0.6 is 23.2 Å². The molecule has 3 aliphatic carbocycles. The Morgan fingerprint density at radius 1 is 0.679 bits per heavy atom. The van der Waals surface area contributed by atoms with Crippen molar-refractivity contribution in [3.63, 3.8) is 0 Å². The number of rotatable bonds is 2. The van der Waals surface area contributed by atoms with Crippen molar-refractivity contribution < 1.29 is 47.1 Å². The van der Waals surface area contributed by atoms with Crippen LogP contribution in [-0.2, 0) is 33.1 Å². The summed E-state index contributed by atoms with van der Waals surface area (Å²) in [6, 6.07) is 28.0. The van der Waals surface area contributed by atoms with Crippen LogP contribution in [0.3, 0.4) is 0 Å². The molecule has 53 heavy (non-hydrogen) atoms. The monoisotopic (exact) mass is 854 g/mol. The number of halogens is 4. The fourth-order valence-electron chi connectivity index (χ4n) is 7.49. The topological polar surface area (TPSA) is 0 Å². The number of allylic oxidation sites excluding steroid dienone is 8. The quantitative estimate of drug-likeness (QED) is 0.159. The van der Waals surface area contributed by atoms with E-state index in [0.29, 0.717) is 5.41 Å². The van der Waals surface area contributed by atoms with E-state index < -0.39 is 22.3 Å². The molecule has 0 saturated heterocycles. The molecular weight excluding hydrogens is 810 g/mol. The summed E-state index contributed by atoms with van der Waals surface area (Å²) in [4.78, 5) is 0. The van der Waals surface area contributed by atoms with Gasteiger partial charge in [-0.2, -0.15) is 11.6 Å². The Morgan fingerprint density at radius 3 is 1.43 bits per heavy atom. The maximum Gasteiger partial charge on any atom is -1.00 e. The standard InChI is InChI=1S/C25H25.C9H13.2C7H5Cl.2ClH.Zr/c1-14-12-24(3,4)22-8-16-7-17-9-23-19(15(2)13-25(23,5)6)11-21(17)20(16)10-18(14)22;1-9(2,3)8-6-4-5-7-8;2*1-6-2-4-7(8)5-3-6;;;/h7-13H,1-6H3;6-7H,4H2,1-3H3;2*1-5H;2*1H;/q2*-1;;;;;/p-2. The van der Waals surface area contributed by atoms with Gasteiger partial charge in [-0.05, 0) is 36.1 Å². The zero-order chi connectivity index (χ0) is 36.7. The summed E-state index contributed by atoms with van der Waals surface area (Å²) in [6.45, 7) is 20.5. The smallest absolute Gasteiger partial charge is 1.00 e. The van der Waals surface area contributed by atoms with Gasteiger partial charge < -0.3 is 24.8 Å². The van der Waals surface area contributed by atoms with Crippen LogP contribution in [-0.4, -0.2) is 7.42 Å². The van der Waals surface area contributed by atoms with Gasteiger partial charge in [0.1, 0.15) is 0 Å². The minimum absolute atomic E-state index is 0. The molecule has 0 heterocycles. The third kappa shape index (κ3) is 9.84. The van der Waals surface area contributed by atoms with Crippen LogP contribution in [0.5, 0.6) is 0 Å². The average molecular weight is 858 g/mol. The largest absolute Gasteiger partial charge is 1.00 e. The molecule has 5 heteroatoms. The molecule has 0 N–H and O–H groups in total. The van der Waals surface area contributed by atoms with E-state index in [1.54, 1.807) is 0 Å². The van der Waals surface area contributed by atoms with Gasteiger partial charge in [0.15, 0.2) is 0 Å². The first-order valence-corrected chi connectivity index (χ1v) is 21.4. The van der Waals surface area contributed by atoms with Crippen LogP contribution in [0.1, 0.15) is 102 Å². The maximum absolute atomic E-state index is 5.84. The van der Waals surface area contributed by atoms with Crippen molar-refractivity contribution in [2.24, 2.45) is 5.41 Å². The van der Waals surface area contributed by atoms with Crippen molar-refractivity contribution in [2.45, 2.75) is 79.6 Å². The Kier molecular flexibility index (Phi) is 13.9. The fraction of sp³-hybridized carbons (Fsp3) is 0.271. The molecule has 3 aliphatic rings. The van der Waals surface area contributed by atoms with Crippen molar-refractivity contribution >= 4 is 63.3 Å². The summed E-state index contributed by atoms with van der Waals surface area (Å²) < 4.78 is 4.66. The fourth-order valence-corrected chi connectivity index (χ4v) is 9.84. The molecule has 0 atom stereocenters. The van der Waals surface area contributed by atoms with Crippen LogP contribution in [0.2, 0.25) is 10.0 Å². The Bertz CT molecular complexity index is 2170. The van der Waals surface area contributed by atoms with Gasteiger partial charge in [0.2, 0.25) is 0 Å². The van der Waals surface area contributed by atoms with Crippen LogP contribution in [0.25, 0.3) is 32.7 Å². The van der Waals surface area contributed by atoms with E-state index in [-0.39, 0.29) is 35.6 Å². The van der Waals surface area contributed by atoms with Gasteiger partial charge in [-0.3, -0.25) is 6.08 Å². The Labute approximate surface area is 350 Å². The van der Waals surface area contributed by atoms with Gasteiger partial charge in [0, 0.05) is 10.8 Å². The number of benzene rings is 4. The Morgan fingerprint density at radius 2 is 1.09 bits per heavy atom. The predicted octanol–water partition coefficient (Wildman–Crippen LogP) is 7.91. The second-order valence-electron chi connectivity index (χ2n) is 16.2. The summed E-state index contributed by atoms with van der Waals surface area (Å²) in [7, 11) is 0. The average Bonchev–Trinajstić information content (AvgIpc) is 3.82. The minimum Gasteiger partial charge on any atom is -1.00 e. The van der Waals surface area contributed by atoms with Crippen molar-refractivity contribution in [1.29, 1.82) is 0 Å². The van der Waals surface area contributed by atoms with Crippen molar-refractivity contribution in [2.75, 3.05) is 0 Å². The zero-order valence-corrected chi connectivity index (χ0v) is 37.7. The normalized spacial score (nSPS) is 15.6. The molecular formula is C48H48Cl4Zr-4. The molecule has 0 aliphatic heterocycles. The summed E-state index contributed by atoms with van der Waals surface area (Å²) in [5, 5.41) is 7.14. The molecule has 0 saturated carbocycles. The molecule has 8 rings (SSSR count). The van der Waals surface area contributed by atoms with E-state index in [9.17, 15) is 0 Å². The first-order valence-electron chi connectivity index (χ1n) is 17.8. The first-order chi connectivity index (χ1) is 24.0. The van der Waals surface area contributed by atoms with Gasteiger partial charge in [-0.15, -0.1) is 46.2 Å². The second-order valence-corrected chi connectivity index (χ2v) is 19.3. The van der Waals surface area contributed by atoms with E-state index in [1.807, 2.05) is 24.3 Å². The molecule has 0 unspecified atom stereocenters. The van der Waals surface area contributed by atoms with Crippen molar-refractivity contribution in [1.82, 2.24) is 0 Å². The SMILES string of the molecule is CC(C)(C)C1=CC[C-]=C1.CC1=CC(C)(C)c2cc3[cH-]c4cc5c(cc4c3cc21)C(C)=CC5(C)C.Clc1ccc([CH]=[Zr]=[CH]c2ccc(Cl)cc2)cc1.[Cl-].[Cl-]. The second kappa shape index (κ2) is 17.1. The van der Waals surface area contributed by atoms with E-state index in [4.69, 9.17) is 23.2 Å².